The van der Waals surface area contributed by atoms with E-state index in [-0.39, 0.29) is 87.1 Å². The Kier molecular flexibility index (Phi) is 5.66. The predicted molar refractivity (Wildman–Crippen MR) is 241 cm³/mol. The number of aromatic nitrogens is 4. The summed E-state index contributed by atoms with van der Waals surface area (Å²) in [5, 5.41) is 2.20. The Hall–Kier alpha value is -7.63. The van der Waals surface area contributed by atoms with Gasteiger partial charge in [0.05, 0.1) is 27.7 Å². The van der Waals surface area contributed by atoms with Crippen molar-refractivity contribution in [1.29, 1.82) is 0 Å². The third-order valence-electron chi connectivity index (χ3n) is 11.5. The summed E-state index contributed by atoms with van der Waals surface area (Å²) < 4.78 is 83.1. The second-order valence-corrected chi connectivity index (χ2v) is 15.3. The second-order valence-electron chi connectivity index (χ2n) is 15.3. The lowest BCUT2D eigenvalue weighted by Crippen LogP contribution is -2.15. The standard InChI is InChI=1S/C54H36N4O/c1-54(2)44-25-12-9-20-37(44)41-31-42-38-21-10-13-26-46(38)58(48(42)32-45(41)54)47-29-28-35(36-23-15-24-40-39-22-11-14-27-49(39)59-50(36)40)30-43(47)53-56-51(33-16-5-3-6-17-33)55-52(57-53)34-18-7-4-8-19-34/h3-32H,1-2H3/i9D,10D,20D,21D,25D,26D,31D,32D. The number of para-hydroxylation sites is 3. The average Bonchev–Trinajstić information content (AvgIpc) is 3.99. The SMILES string of the molecule is [2H]c1cc([2H])c2c(c1[2H])-c1c(c([2H])c3c(c1[2H])c1c([2H])c([2H])cc([2H])c1n3-c1ccc(-c3cccc4c3oc3ccccc34)cc1-c1nc(-c3ccccc3)nc(-c3ccccc3)n1)C2(C)C. The summed E-state index contributed by atoms with van der Waals surface area (Å²) in [6.07, 6.45) is 0. The number of benzene rings is 8. The number of fused-ring (bicyclic) bond motifs is 9. The molecule has 3 heterocycles. The van der Waals surface area contributed by atoms with Crippen molar-refractivity contribution >= 4 is 43.7 Å². The Bertz CT molecular complexity index is 3880. The zero-order chi connectivity index (χ0) is 46.2. The van der Waals surface area contributed by atoms with Crippen molar-refractivity contribution in [3.8, 4) is 62.1 Å². The maximum atomic E-state index is 10.3. The van der Waals surface area contributed by atoms with Crippen molar-refractivity contribution in [2.24, 2.45) is 0 Å². The van der Waals surface area contributed by atoms with Gasteiger partial charge in [0.2, 0.25) is 0 Å². The smallest absolute Gasteiger partial charge is 0.166 e. The summed E-state index contributed by atoms with van der Waals surface area (Å²) in [4.78, 5) is 15.3. The van der Waals surface area contributed by atoms with Crippen LogP contribution in [-0.4, -0.2) is 19.5 Å². The van der Waals surface area contributed by atoms with Crippen LogP contribution in [0.3, 0.4) is 0 Å². The van der Waals surface area contributed by atoms with Crippen LogP contribution in [0.25, 0.3) is 106 Å². The molecule has 278 valence electrons. The van der Waals surface area contributed by atoms with Crippen molar-refractivity contribution in [3.05, 3.63) is 193 Å². The summed E-state index contributed by atoms with van der Waals surface area (Å²) in [5.41, 5.74) is 6.11. The third kappa shape index (κ3) is 5.08. The molecule has 0 N–H and O–H groups in total. The van der Waals surface area contributed by atoms with E-state index < -0.39 is 5.41 Å². The van der Waals surface area contributed by atoms with Crippen LogP contribution >= 0.6 is 0 Å². The molecule has 0 aliphatic heterocycles. The van der Waals surface area contributed by atoms with E-state index in [4.69, 9.17) is 24.9 Å². The van der Waals surface area contributed by atoms with Crippen LogP contribution in [0.4, 0.5) is 0 Å². The molecule has 8 aromatic carbocycles. The minimum absolute atomic E-state index is 0.0262. The van der Waals surface area contributed by atoms with Gasteiger partial charge in [-0.3, -0.25) is 0 Å². The first kappa shape index (κ1) is 26.3. The molecular formula is C54H36N4O. The third-order valence-corrected chi connectivity index (χ3v) is 11.5. The molecule has 5 nitrogen and oxygen atoms in total. The van der Waals surface area contributed by atoms with E-state index in [1.165, 1.54) is 12.1 Å². The predicted octanol–water partition coefficient (Wildman–Crippen LogP) is 13.8. The van der Waals surface area contributed by atoms with Gasteiger partial charge in [-0.15, -0.1) is 0 Å². The van der Waals surface area contributed by atoms with Crippen LogP contribution in [0.15, 0.2) is 186 Å². The minimum atomic E-state index is -1.05. The molecule has 12 rings (SSSR count). The van der Waals surface area contributed by atoms with E-state index >= 15 is 0 Å². The molecule has 11 aromatic rings. The van der Waals surface area contributed by atoms with Gasteiger partial charge in [0.15, 0.2) is 17.5 Å². The Morgan fingerprint density at radius 1 is 0.492 bits per heavy atom. The normalized spacial score (nSPS) is 14.9. The highest BCUT2D eigenvalue weighted by atomic mass is 16.3. The molecular weight excluding hydrogens is 721 g/mol. The monoisotopic (exact) mass is 764 g/mol. The molecule has 3 aromatic heterocycles. The van der Waals surface area contributed by atoms with Crippen LogP contribution in [-0.2, 0) is 5.41 Å². The quantitative estimate of drug-likeness (QED) is 0.175. The lowest BCUT2D eigenvalue weighted by molar-refractivity contribution is 0.661. The van der Waals surface area contributed by atoms with Gasteiger partial charge in [-0.05, 0) is 64.1 Å². The van der Waals surface area contributed by atoms with Gasteiger partial charge in [-0.25, -0.2) is 15.0 Å². The molecule has 0 bridgehead atoms. The summed E-state index contributed by atoms with van der Waals surface area (Å²) >= 11 is 0. The molecule has 0 radical (unpaired) electrons. The number of hydrogen-bond donors (Lipinski definition) is 0. The molecule has 0 unspecified atom stereocenters. The largest absolute Gasteiger partial charge is 0.455 e. The van der Waals surface area contributed by atoms with E-state index in [1.807, 2.05) is 135 Å². The van der Waals surface area contributed by atoms with Crippen molar-refractivity contribution in [1.82, 2.24) is 19.5 Å². The van der Waals surface area contributed by atoms with Crippen molar-refractivity contribution in [2.45, 2.75) is 19.3 Å². The van der Waals surface area contributed by atoms with E-state index in [1.54, 1.807) is 4.57 Å². The summed E-state index contributed by atoms with van der Waals surface area (Å²) in [7, 11) is 0. The van der Waals surface area contributed by atoms with Gasteiger partial charge in [-0.1, -0.05) is 159 Å². The van der Waals surface area contributed by atoms with Gasteiger partial charge >= 0.3 is 0 Å². The van der Waals surface area contributed by atoms with Crippen LogP contribution in [0.1, 0.15) is 35.9 Å². The lowest BCUT2D eigenvalue weighted by Gasteiger charge is -2.22. The van der Waals surface area contributed by atoms with E-state index in [9.17, 15) is 5.48 Å². The number of nitrogens with zero attached hydrogens (tertiary/aromatic N) is 4. The maximum Gasteiger partial charge on any atom is 0.166 e. The molecule has 1 aliphatic carbocycles. The number of rotatable bonds is 5. The van der Waals surface area contributed by atoms with E-state index in [0.717, 1.165) is 38.6 Å². The highest BCUT2D eigenvalue weighted by Gasteiger charge is 2.36. The molecule has 0 amide bonds. The molecule has 0 saturated carbocycles. The van der Waals surface area contributed by atoms with Gasteiger partial charge < -0.3 is 8.98 Å². The highest BCUT2D eigenvalue weighted by molar-refractivity contribution is 6.13. The van der Waals surface area contributed by atoms with Crippen molar-refractivity contribution in [2.75, 3.05) is 0 Å². The number of furan rings is 1. The zero-order valence-corrected chi connectivity index (χ0v) is 31.9. The molecule has 0 atom stereocenters. The Balaban J connectivity index is 1.25. The molecule has 59 heavy (non-hydrogen) atoms. The van der Waals surface area contributed by atoms with Gasteiger partial charge in [0, 0.05) is 49.2 Å². The van der Waals surface area contributed by atoms with Crippen LogP contribution < -0.4 is 0 Å². The molecule has 1 aliphatic rings. The molecule has 0 spiro atoms. The van der Waals surface area contributed by atoms with Crippen molar-refractivity contribution in [3.63, 3.8) is 0 Å². The second kappa shape index (κ2) is 12.7. The Morgan fingerprint density at radius 3 is 1.98 bits per heavy atom. The first-order valence-electron chi connectivity index (χ1n) is 23.5. The Labute approximate surface area is 352 Å². The van der Waals surface area contributed by atoms with Crippen molar-refractivity contribution < 1.29 is 15.4 Å². The van der Waals surface area contributed by atoms with Gasteiger partial charge in [0.25, 0.3) is 0 Å². The first-order chi connectivity index (χ1) is 32.3. The fraction of sp³-hybridized carbons (Fsp3) is 0.0556. The molecule has 0 saturated heterocycles. The average molecular weight is 765 g/mol. The summed E-state index contributed by atoms with van der Waals surface area (Å²) in [6, 6.07) is 40.6. The van der Waals surface area contributed by atoms with Gasteiger partial charge in [0.1, 0.15) is 11.2 Å². The highest BCUT2D eigenvalue weighted by Crippen LogP contribution is 2.51. The maximum absolute atomic E-state index is 10.3. The van der Waals surface area contributed by atoms with E-state index in [0.29, 0.717) is 39.6 Å². The Morgan fingerprint density at radius 2 is 1.19 bits per heavy atom. The molecule has 5 heteroatoms. The minimum Gasteiger partial charge on any atom is -0.455 e. The fourth-order valence-electron chi connectivity index (χ4n) is 8.69. The van der Waals surface area contributed by atoms with Crippen LogP contribution in [0.2, 0.25) is 0 Å². The van der Waals surface area contributed by atoms with Crippen LogP contribution in [0.5, 0.6) is 0 Å². The molecule has 0 fully saturated rings. The zero-order valence-electron chi connectivity index (χ0n) is 39.9. The number of hydrogen-bond acceptors (Lipinski definition) is 4. The topological polar surface area (TPSA) is 56.7 Å². The van der Waals surface area contributed by atoms with E-state index in [2.05, 4.69) is 0 Å². The summed E-state index contributed by atoms with van der Waals surface area (Å²) in [5.74, 6) is 1.10. The van der Waals surface area contributed by atoms with Crippen LogP contribution in [0, 0.1) is 0 Å². The fourth-order valence-corrected chi connectivity index (χ4v) is 8.69. The summed E-state index contributed by atoms with van der Waals surface area (Å²) in [6.45, 7) is 3.73. The first-order valence-corrected chi connectivity index (χ1v) is 19.5. The van der Waals surface area contributed by atoms with Gasteiger partial charge in [-0.2, -0.15) is 0 Å². The lowest BCUT2D eigenvalue weighted by atomic mass is 9.82.